The zero-order valence-electron chi connectivity index (χ0n) is 4.08. The summed E-state index contributed by atoms with van der Waals surface area (Å²) in [5, 5.41) is 0. The lowest BCUT2D eigenvalue weighted by Crippen LogP contribution is -1.82. The molecule has 0 spiro atoms. The van der Waals surface area contributed by atoms with Crippen LogP contribution in [0.4, 0.5) is 4.20 Å². The third-order valence-corrected chi connectivity index (χ3v) is 0.819. The highest BCUT2D eigenvalue weighted by Crippen LogP contribution is 2.42. The molecular formula is C3H6FO3P. The van der Waals surface area contributed by atoms with Gasteiger partial charge in [-0.2, -0.15) is 0 Å². The lowest BCUT2D eigenvalue weighted by molar-refractivity contribution is 0.250. The van der Waals surface area contributed by atoms with E-state index >= 15 is 0 Å². The first-order valence-corrected chi connectivity index (χ1v) is 3.31. The van der Waals surface area contributed by atoms with Crippen molar-refractivity contribution in [3.05, 3.63) is 12.7 Å². The first kappa shape index (κ1) is 7.82. The van der Waals surface area contributed by atoms with Crippen LogP contribution in [0.5, 0.6) is 0 Å². The van der Waals surface area contributed by atoms with Gasteiger partial charge >= 0.3 is 7.91 Å². The van der Waals surface area contributed by atoms with E-state index in [-0.39, 0.29) is 6.61 Å². The Morgan fingerprint density at radius 1 is 2.00 bits per heavy atom. The van der Waals surface area contributed by atoms with Gasteiger partial charge in [0.1, 0.15) is 0 Å². The fraction of sp³-hybridized carbons (Fsp3) is 0.333. The second-order valence-electron chi connectivity index (χ2n) is 1.04. The van der Waals surface area contributed by atoms with Crippen molar-refractivity contribution >= 4 is 7.91 Å². The Morgan fingerprint density at radius 3 is 2.62 bits per heavy atom. The van der Waals surface area contributed by atoms with Crippen LogP contribution in [0.1, 0.15) is 0 Å². The van der Waals surface area contributed by atoms with E-state index in [2.05, 4.69) is 11.1 Å². The third kappa shape index (κ3) is 5.82. The minimum Gasteiger partial charge on any atom is -0.299 e. The third-order valence-electron chi connectivity index (χ3n) is 0.352. The SMILES string of the molecule is C=CCOP(=O)(O)F. The summed E-state index contributed by atoms with van der Waals surface area (Å²) in [5.74, 6) is 0. The Bertz CT molecular complexity index is 118. The molecule has 0 bridgehead atoms. The van der Waals surface area contributed by atoms with Crippen molar-refractivity contribution in [2.24, 2.45) is 0 Å². The molecule has 1 atom stereocenters. The van der Waals surface area contributed by atoms with E-state index in [1.165, 1.54) is 6.08 Å². The highest BCUT2D eigenvalue weighted by Gasteiger charge is 2.14. The Hall–Kier alpha value is -0.180. The molecule has 0 aliphatic rings. The molecule has 5 heteroatoms. The predicted octanol–water partition coefficient (Wildman–Crippen LogP) is 1.26. The molecular weight excluding hydrogens is 134 g/mol. The molecule has 0 radical (unpaired) electrons. The number of hydrogen-bond donors (Lipinski definition) is 1. The number of rotatable bonds is 3. The standard InChI is InChI=1S/C3H6FO3P/c1-2-3-7-8(4,5)6/h2H,1,3H2,(H,5,6). The molecule has 0 amide bonds. The van der Waals surface area contributed by atoms with Gasteiger partial charge < -0.3 is 0 Å². The van der Waals surface area contributed by atoms with Gasteiger partial charge in [0.2, 0.25) is 0 Å². The molecule has 0 aliphatic heterocycles. The van der Waals surface area contributed by atoms with Crippen LogP contribution in [-0.4, -0.2) is 11.5 Å². The van der Waals surface area contributed by atoms with Crippen molar-refractivity contribution in [2.75, 3.05) is 6.61 Å². The quantitative estimate of drug-likeness (QED) is 0.474. The molecule has 3 nitrogen and oxygen atoms in total. The van der Waals surface area contributed by atoms with E-state index in [0.29, 0.717) is 0 Å². The Labute approximate surface area is 46.4 Å². The molecule has 1 unspecified atom stereocenters. The van der Waals surface area contributed by atoms with Crippen LogP contribution in [0.2, 0.25) is 0 Å². The summed E-state index contributed by atoms with van der Waals surface area (Å²) in [6.07, 6.45) is 1.18. The van der Waals surface area contributed by atoms with Crippen LogP contribution < -0.4 is 0 Å². The van der Waals surface area contributed by atoms with Gasteiger partial charge in [-0.15, -0.1) is 10.8 Å². The van der Waals surface area contributed by atoms with Crippen molar-refractivity contribution in [1.29, 1.82) is 0 Å². The first-order chi connectivity index (χ1) is 3.56. The minimum absolute atomic E-state index is 0.246. The summed E-state index contributed by atoms with van der Waals surface area (Å²) in [6, 6.07) is 0. The van der Waals surface area contributed by atoms with Crippen LogP contribution in [0.25, 0.3) is 0 Å². The van der Waals surface area contributed by atoms with Crippen molar-refractivity contribution in [3.63, 3.8) is 0 Å². The van der Waals surface area contributed by atoms with Gasteiger partial charge in [-0.05, 0) is 0 Å². The minimum atomic E-state index is -4.75. The molecule has 0 rings (SSSR count). The van der Waals surface area contributed by atoms with E-state index < -0.39 is 7.91 Å². The fourth-order valence-corrected chi connectivity index (χ4v) is 0.434. The smallest absolute Gasteiger partial charge is 0.299 e. The summed E-state index contributed by atoms with van der Waals surface area (Å²) in [6.45, 7) is 2.89. The van der Waals surface area contributed by atoms with E-state index in [4.69, 9.17) is 4.89 Å². The highest BCUT2D eigenvalue weighted by atomic mass is 31.2. The zero-order chi connectivity index (χ0) is 6.62. The molecule has 0 saturated carbocycles. The lowest BCUT2D eigenvalue weighted by Gasteiger charge is -1.96. The average molecular weight is 140 g/mol. The summed E-state index contributed by atoms with van der Waals surface area (Å²) >= 11 is 0. The second-order valence-corrected chi connectivity index (χ2v) is 2.20. The van der Waals surface area contributed by atoms with Gasteiger partial charge in [0, 0.05) is 0 Å². The summed E-state index contributed by atoms with van der Waals surface area (Å²) in [7, 11) is -4.75. The largest absolute Gasteiger partial charge is 0.510 e. The molecule has 8 heavy (non-hydrogen) atoms. The molecule has 0 aromatic carbocycles. The maximum absolute atomic E-state index is 11.4. The monoisotopic (exact) mass is 140 g/mol. The van der Waals surface area contributed by atoms with Crippen LogP contribution in [-0.2, 0) is 9.09 Å². The van der Waals surface area contributed by atoms with Gasteiger partial charge in [0.25, 0.3) is 0 Å². The van der Waals surface area contributed by atoms with Crippen LogP contribution in [0, 0.1) is 0 Å². The molecule has 0 fully saturated rings. The van der Waals surface area contributed by atoms with Crippen molar-refractivity contribution in [2.45, 2.75) is 0 Å². The van der Waals surface area contributed by atoms with Gasteiger partial charge in [-0.1, -0.05) is 6.08 Å². The average Bonchev–Trinajstić information content (AvgIpc) is 1.59. The molecule has 1 N–H and O–H groups in total. The predicted molar refractivity (Wildman–Crippen MR) is 27.1 cm³/mol. The Morgan fingerprint density at radius 2 is 2.50 bits per heavy atom. The maximum atomic E-state index is 11.4. The van der Waals surface area contributed by atoms with Crippen molar-refractivity contribution < 1.29 is 18.2 Å². The van der Waals surface area contributed by atoms with Crippen LogP contribution >= 0.6 is 7.91 Å². The van der Waals surface area contributed by atoms with Crippen molar-refractivity contribution in [1.82, 2.24) is 0 Å². The van der Waals surface area contributed by atoms with Crippen LogP contribution in [0.3, 0.4) is 0 Å². The summed E-state index contributed by atoms with van der Waals surface area (Å²) < 4.78 is 24.7. The molecule has 0 aromatic heterocycles. The van der Waals surface area contributed by atoms with Gasteiger partial charge in [-0.3, -0.25) is 9.42 Å². The Balaban J connectivity index is 3.40. The molecule has 48 valence electrons. The normalized spacial score (nSPS) is 17.2. The van der Waals surface area contributed by atoms with Crippen LogP contribution in [0.15, 0.2) is 12.7 Å². The van der Waals surface area contributed by atoms with E-state index in [9.17, 15) is 8.76 Å². The van der Waals surface area contributed by atoms with E-state index in [0.717, 1.165) is 0 Å². The molecule has 0 aliphatic carbocycles. The van der Waals surface area contributed by atoms with Gasteiger partial charge in [0.05, 0.1) is 6.61 Å². The Kier molecular flexibility index (Phi) is 2.90. The fourth-order valence-electron chi connectivity index (χ4n) is 0.145. The summed E-state index contributed by atoms with van der Waals surface area (Å²) in [5.41, 5.74) is 0. The number of halogens is 1. The molecule has 0 saturated heterocycles. The van der Waals surface area contributed by atoms with Gasteiger partial charge in [0.15, 0.2) is 0 Å². The second kappa shape index (κ2) is 2.97. The highest BCUT2D eigenvalue weighted by molar-refractivity contribution is 7.46. The van der Waals surface area contributed by atoms with E-state index in [1.54, 1.807) is 0 Å². The van der Waals surface area contributed by atoms with E-state index in [1.807, 2.05) is 0 Å². The number of hydrogen-bond acceptors (Lipinski definition) is 2. The van der Waals surface area contributed by atoms with Crippen molar-refractivity contribution in [3.8, 4) is 0 Å². The first-order valence-electron chi connectivity index (χ1n) is 1.84. The molecule has 0 aromatic rings. The lowest BCUT2D eigenvalue weighted by atomic mass is 10.7. The molecule has 0 heterocycles. The zero-order valence-corrected chi connectivity index (χ0v) is 4.97. The summed E-state index contributed by atoms with van der Waals surface area (Å²) in [4.78, 5) is 7.77. The van der Waals surface area contributed by atoms with Gasteiger partial charge in [-0.25, -0.2) is 4.57 Å². The maximum Gasteiger partial charge on any atom is 0.510 e. The topological polar surface area (TPSA) is 46.5 Å².